The molecule has 1 fully saturated rings. The molecule has 1 aromatic rings. The SMILES string of the molecule is COCCNC(=O)N1c2cc(S(=O)(=O)N3CCCC3)ccc2NC(=O)C1C. The average molecular weight is 396 g/mol. The van der Waals surface area contributed by atoms with Gasteiger partial charge in [0.25, 0.3) is 0 Å². The molecule has 0 radical (unpaired) electrons. The second kappa shape index (κ2) is 7.83. The molecule has 148 valence electrons. The minimum atomic E-state index is -3.63. The summed E-state index contributed by atoms with van der Waals surface area (Å²) in [6.45, 7) is 3.19. The average Bonchev–Trinajstić information content (AvgIpc) is 3.18. The van der Waals surface area contributed by atoms with Crippen molar-refractivity contribution in [2.75, 3.05) is 43.6 Å². The van der Waals surface area contributed by atoms with E-state index in [1.54, 1.807) is 6.92 Å². The van der Waals surface area contributed by atoms with Crippen LogP contribution in [0.1, 0.15) is 19.8 Å². The lowest BCUT2D eigenvalue weighted by molar-refractivity contribution is -0.117. The largest absolute Gasteiger partial charge is 0.383 e. The van der Waals surface area contributed by atoms with Gasteiger partial charge in [0, 0.05) is 26.7 Å². The summed E-state index contributed by atoms with van der Waals surface area (Å²) in [6.07, 6.45) is 1.68. The second-order valence-electron chi connectivity index (χ2n) is 6.55. The van der Waals surface area contributed by atoms with Gasteiger partial charge in [-0.05, 0) is 38.0 Å². The fraction of sp³-hybridized carbons (Fsp3) is 0.529. The van der Waals surface area contributed by atoms with Gasteiger partial charge in [-0.25, -0.2) is 13.2 Å². The Morgan fingerprint density at radius 3 is 2.70 bits per heavy atom. The number of urea groups is 1. The van der Waals surface area contributed by atoms with Crippen molar-refractivity contribution in [3.63, 3.8) is 0 Å². The van der Waals surface area contributed by atoms with Gasteiger partial charge >= 0.3 is 6.03 Å². The molecule has 2 aliphatic rings. The summed E-state index contributed by atoms with van der Waals surface area (Å²) < 4.78 is 32.1. The van der Waals surface area contributed by atoms with E-state index in [0.29, 0.717) is 31.1 Å². The van der Waals surface area contributed by atoms with E-state index in [1.807, 2.05) is 0 Å². The first-order valence-electron chi connectivity index (χ1n) is 8.87. The van der Waals surface area contributed by atoms with E-state index in [0.717, 1.165) is 12.8 Å². The Kier molecular flexibility index (Phi) is 5.68. The van der Waals surface area contributed by atoms with Gasteiger partial charge in [0.15, 0.2) is 0 Å². The summed E-state index contributed by atoms with van der Waals surface area (Å²) in [5, 5.41) is 5.40. The second-order valence-corrected chi connectivity index (χ2v) is 8.49. The number of carbonyl (C=O) groups excluding carboxylic acids is 2. The standard InChI is InChI=1S/C17H24N4O5S/c1-12-16(22)19-14-6-5-13(27(24,25)20-8-3-4-9-20)11-15(14)21(12)17(23)18-7-10-26-2/h5-6,11-12H,3-4,7-10H2,1-2H3,(H,18,23)(H,19,22). The van der Waals surface area contributed by atoms with E-state index in [9.17, 15) is 18.0 Å². The highest BCUT2D eigenvalue weighted by Gasteiger charge is 2.36. The van der Waals surface area contributed by atoms with E-state index in [1.165, 1.54) is 34.5 Å². The molecule has 1 aromatic carbocycles. The van der Waals surface area contributed by atoms with Gasteiger partial charge in [0.1, 0.15) is 6.04 Å². The predicted molar refractivity (Wildman–Crippen MR) is 100 cm³/mol. The molecule has 9 nitrogen and oxygen atoms in total. The minimum absolute atomic E-state index is 0.112. The summed E-state index contributed by atoms with van der Waals surface area (Å²) in [4.78, 5) is 26.2. The van der Waals surface area contributed by atoms with Crippen molar-refractivity contribution in [2.24, 2.45) is 0 Å². The molecular weight excluding hydrogens is 372 g/mol. The van der Waals surface area contributed by atoms with E-state index < -0.39 is 22.1 Å². The van der Waals surface area contributed by atoms with Crippen molar-refractivity contribution in [1.82, 2.24) is 9.62 Å². The van der Waals surface area contributed by atoms with Crippen LogP contribution in [0.25, 0.3) is 0 Å². The normalized spacial score (nSPS) is 20.3. The lowest BCUT2D eigenvalue weighted by Crippen LogP contribution is -2.53. The number of carbonyl (C=O) groups is 2. The molecule has 3 amide bonds. The van der Waals surface area contributed by atoms with E-state index >= 15 is 0 Å². The van der Waals surface area contributed by atoms with Gasteiger partial charge in [-0.15, -0.1) is 0 Å². The number of hydrogen-bond donors (Lipinski definition) is 2. The maximum absolute atomic E-state index is 12.9. The van der Waals surface area contributed by atoms with Crippen LogP contribution in [0.2, 0.25) is 0 Å². The van der Waals surface area contributed by atoms with Crippen LogP contribution >= 0.6 is 0 Å². The Morgan fingerprint density at radius 1 is 1.33 bits per heavy atom. The molecular formula is C17H24N4O5S. The minimum Gasteiger partial charge on any atom is -0.383 e. The lowest BCUT2D eigenvalue weighted by atomic mass is 10.1. The van der Waals surface area contributed by atoms with Gasteiger partial charge in [-0.1, -0.05) is 0 Å². The topological polar surface area (TPSA) is 108 Å². The number of hydrogen-bond acceptors (Lipinski definition) is 5. The molecule has 1 atom stereocenters. The Balaban J connectivity index is 1.96. The van der Waals surface area contributed by atoms with E-state index in [2.05, 4.69) is 10.6 Å². The first-order valence-corrected chi connectivity index (χ1v) is 10.3. The number of ether oxygens (including phenoxy) is 1. The molecule has 10 heteroatoms. The summed E-state index contributed by atoms with van der Waals surface area (Å²) in [6, 6.07) is 3.19. The Morgan fingerprint density at radius 2 is 2.04 bits per heavy atom. The predicted octanol–water partition coefficient (Wildman–Crippen LogP) is 0.974. The van der Waals surface area contributed by atoms with Crippen molar-refractivity contribution in [1.29, 1.82) is 0 Å². The molecule has 0 aliphatic carbocycles. The first-order chi connectivity index (χ1) is 12.9. The van der Waals surface area contributed by atoms with Crippen LogP contribution in [-0.2, 0) is 19.6 Å². The summed E-state index contributed by atoms with van der Waals surface area (Å²) in [7, 11) is -2.11. The monoisotopic (exact) mass is 396 g/mol. The molecule has 2 heterocycles. The molecule has 2 aliphatic heterocycles. The highest BCUT2D eigenvalue weighted by Crippen LogP contribution is 2.35. The fourth-order valence-corrected chi connectivity index (χ4v) is 4.79. The van der Waals surface area contributed by atoms with Crippen LogP contribution in [0, 0.1) is 0 Å². The molecule has 1 unspecified atom stereocenters. The molecule has 0 aromatic heterocycles. The van der Waals surface area contributed by atoms with Crippen LogP contribution in [0.15, 0.2) is 23.1 Å². The third-order valence-electron chi connectivity index (χ3n) is 4.76. The maximum Gasteiger partial charge on any atom is 0.322 e. The Hall–Kier alpha value is -2.17. The first kappa shape index (κ1) is 19.6. The highest BCUT2D eigenvalue weighted by molar-refractivity contribution is 7.89. The van der Waals surface area contributed by atoms with Gasteiger partial charge in [0.2, 0.25) is 15.9 Å². The number of nitrogens with one attached hydrogen (secondary N) is 2. The zero-order chi connectivity index (χ0) is 19.6. The van der Waals surface area contributed by atoms with Crippen LogP contribution in [0.3, 0.4) is 0 Å². The number of anilines is 2. The van der Waals surface area contributed by atoms with E-state index in [4.69, 9.17) is 4.74 Å². The van der Waals surface area contributed by atoms with Crippen molar-refractivity contribution < 1.29 is 22.7 Å². The lowest BCUT2D eigenvalue weighted by Gasteiger charge is -2.35. The van der Waals surface area contributed by atoms with Gasteiger partial charge in [0.05, 0.1) is 22.9 Å². The number of nitrogens with zero attached hydrogens (tertiary/aromatic N) is 2. The van der Waals surface area contributed by atoms with Crippen molar-refractivity contribution in [2.45, 2.75) is 30.7 Å². The molecule has 0 saturated carbocycles. The number of benzene rings is 1. The third-order valence-corrected chi connectivity index (χ3v) is 6.65. The molecule has 0 bridgehead atoms. The molecule has 3 rings (SSSR count). The number of fused-ring (bicyclic) bond motifs is 1. The Labute approximate surface area is 158 Å². The maximum atomic E-state index is 12.9. The van der Waals surface area contributed by atoms with Gasteiger partial charge < -0.3 is 15.4 Å². The van der Waals surface area contributed by atoms with E-state index in [-0.39, 0.29) is 17.3 Å². The van der Waals surface area contributed by atoms with Crippen LogP contribution in [0.5, 0.6) is 0 Å². The van der Waals surface area contributed by atoms with Gasteiger partial charge in [-0.3, -0.25) is 9.69 Å². The van der Waals surface area contributed by atoms with Crippen LogP contribution in [0.4, 0.5) is 16.2 Å². The zero-order valence-electron chi connectivity index (χ0n) is 15.4. The smallest absolute Gasteiger partial charge is 0.322 e. The van der Waals surface area contributed by atoms with Crippen molar-refractivity contribution in [3.05, 3.63) is 18.2 Å². The molecule has 2 N–H and O–H groups in total. The molecule has 0 spiro atoms. The van der Waals surface area contributed by atoms with Crippen LogP contribution in [-0.4, -0.2) is 64.1 Å². The molecule has 27 heavy (non-hydrogen) atoms. The van der Waals surface area contributed by atoms with Crippen LogP contribution < -0.4 is 15.5 Å². The number of amides is 3. The van der Waals surface area contributed by atoms with Gasteiger partial charge in [-0.2, -0.15) is 4.31 Å². The Bertz CT molecular complexity index is 836. The van der Waals surface area contributed by atoms with Crippen molar-refractivity contribution in [3.8, 4) is 0 Å². The highest BCUT2D eigenvalue weighted by atomic mass is 32.2. The fourth-order valence-electron chi connectivity index (χ4n) is 3.25. The number of sulfonamides is 1. The summed E-state index contributed by atoms with van der Waals surface area (Å²) in [5.74, 6) is -0.334. The zero-order valence-corrected chi connectivity index (χ0v) is 16.2. The quantitative estimate of drug-likeness (QED) is 0.721. The third kappa shape index (κ3) is 3.78. The number of rotatable bonds is 5. The summed E-state index contributed by atoms with van der Waals surface area (Å²) >= 11 is 0. The van der Waals surface area contributed by atoms with Crippen molar-refractivity contribution >= 4 is 33.3 Å². The number of methoxy groups -OCH3 is 1. The molecule has 1 saturated heterocycles. The summed E-state index contributed by atoms with van der Waals surface area (Å²) in [5.41, 5.74) is 0.762.